The average molecular weight is 687 g/mol. The molecule has 6 nitrogen and oxygen atoms in total. The van der Waals surface area contributed by atoms with Gasteiger partial charge in [0, 0.05) is 38.7 Å². The van der Waals surface area contributed by atoms with E-state index >= 15 is 0 Å². The summed E-state index contributed by atoms with van der Waals surface area (Å²) in [4.78, 5) is 17.4. The van der Waals surface area contributed by atoms with Crippen molar-refractivity contribution in [3.8, 4) is 11.5 Å². The molecule has 1 aliphatic rings. The van der Waals surface area contributed by atoms with Gasteiger partial charge in [-0.2, -0.15) is 0 Å². The fourth-order valence-corrected chi connectivity index (χ4v) is 6.72. The quantitative estimate of drug-likeness (QED) is 0.0542. The van der Waals surface area contributed by atoms with Crippen molar-refractivity contribution < 1.29 is 19.0 Å². The molecule has 0 N–H and O–H groups in total. The van der Waals surface area contributed by atoms with Crippen molar-refractivity contribution in [3.63, 3.8) is 0 Å². The fraction of sp³-hybridized carbons (Fsp3) is 0.837. The molecule has 0 atom stereocenters. The van der Waals surface area contributed by atoms with Gasteiger partial charge in [-0.15, -0.1) is 0 Å². The Morgan fingerprint density at radius 2 is 0.959 bits per heavy atom. The van der Waals surface area contributed by atoms with Gasteiger partial charge >= 0.3 is 5.97 Å². The first-order valence-electron chi connectivity index (χ1n) is 21.1. The highest BCUT2D eigenvalue weighted by atomic mass is 16.5. The summed E-state index contributed by atoms with van der Waals surface area (Å²) in [5.74, 6) is 1.51. The maximum absolute atomic E-state index is 12.6. The van der Waals surface area contributed by atoms with E-state index < -0.39 is 0 Å². The second-order valence-electron chi connectivity index (χ2n) is 14.8. The number of hydrogen-bond acceptors (Lipinski definition) is 6. The van der Waals surface area contributed by atoms with E-state index in [0.717, 1.165) is 69.0 Å². The van der Waals surface area contributed by atoms with Gasteiger partial charge in [0.25, 0.3) is 0 Å². The normalized spacial score (nSPS) is 13.9. The third-order valence-electron chi connectivity index (χ3n) is 10.1. The minimum absolute atomic E-state index is 0.125. The first kappa shape index (κ1) is 43.4. The Morgan fingerprint density at radius 3 is 1.39 bits per heavy atom. The Labute approximate surface area is 303 Å². The van der Waals surface area contributed by atoms with Crippen LogP contribution in [0.1, 0.15) is 180 Å². The molecule has 1 aromatic rings. The fourth-order valence-electron chi connectivity index (χ4n) is 6.72. The van der Waals surface area contributed by atoms with Gasteiger partial charge < -0.3 is 24.0 Å². The Balaban J connectivity index is 1.67. The van der Waals surface area contributed by atoms with Crippen LogP contribution < -0.4 is 9.47 Å². The van der Waals surface area contributed by atoms with E-state index in [1.807, 2.05) is 18.2 Å². The average Bonchev–Trinajstić information content (AvgIpc) is 3.10. The summed E-state index contributed by atoms with van der Waals surface area (Å²) < 4.78 is 18.1. The van der Waals surface area contributed by atoms with Crippen LogP contribution in [0.2, 0.25) is 0 Å². The van der Waals surface area contributed by atoms with Crippen LogP contribution in [0.15, 0.2) is 18.2 Å². The maximum atomic E-state index is 12.6. The van der Waals surface area contributed by atoms with E-state index in [-0.39, 0.29) is 12.6 Å². The van der Waals surface area contributed by atoms with Gasteiger partial charge in [-0.1, -0.05) is 149 Å². The molecule has 1 saturated heterocycles. The summed E-state index contributed by atoms with van der Waals surface area (Å²) in [5, 5.41) is 0. The minimum Gasteiger partial charge on any atom is -0.493 e. The molecule has 1 aliphatic heterocycles. The third-order valence-corrected chi connectivity index (χ3v) is 10.1. The van der Waals surface area contributed by atoms with Gasteiger partial charge in [0.1, 0.15) is 18.1 Å². The van der Waals surface area contributed by atoms with Crippen molar-refractivity contribution in [1.82, 2.24) is 9.80 Å². The summed E-state index contributed by atoms with van der Waals surface area (Å²) in [7, 11) is 2.17. The number of carbonyl (C=O) groups excluding carboxylic acids is 1. The lowest BCUT2D eigenvalue weighted by Crippen LogP contribution is -2.44. The predicted molar refractivity (Wildman–Crippen MR) is 208 cm³/mol. The van der Waals surface area contributed by atoms with Gasteiger partial charge in [0.05, 0.1) is 13.2 Å². The van der Waals surface area contributed by atoms with Crippen LogP contribution in [0.4, 0.5) is 0 Å². The number of rotatable bonds is 33. The molecule has 49 heavy (non-hydrogen) atoms. The molecule has 0 amide bonds. The van der Waals surface area contributed by atoms with Crippen LogP contribution in [0.3, 0.4) is 0 Å². The number of piperazine rings is 1. The Hall–Kier alpha value is -1.79. The highest BCUT2D eigenvalue weighted by Crippen LogP contribution is 2.25. The van der Waals surface area contributed by atoms with Gasteiger partial charge in [0.2, 0.25) is 0 Å². The van der Waals surface area contributed by atoms with Crippen LogP contribution in [0.5, 0.6) is 11.5 Å². The smallest absolute Gasteiger partial charge is 0.306 e. The van der Waals surface area contributed by atoms with Gasteiger partial charge in [-0.25, -0.2) is 0 Å². The largest absolute Gasteiger partial charge is 0.493 e. The van der Waals surface area contributed by atoms with Crippen molar-refractivity contribution >= 4 is 5.97 Å². The molecule has 0 saturated carbocycles. The van der Waals surface area contributed by atoms with Crippen LogP contribution in [0.25, 0.3) is 0 Å². The molecule has 1 fully saturated rings. The topological polar surface area (TPSA) is 51.2 Å². The second kappa shape index (κ2) is 31.0. The first-order chi connectivity index (χ1) is 24.1. The summed E-state index contributed by atoms with van der Waals surface area (Å²) in [6, 6.07) is 6.05. The van der Waals surface area contributed by atoms with E-state index in [2.05, 4.69) is 30.7 Å². The maximum Gasteiger partial charge on any atom is 0.306 e. The second-order valence-corrected chi connectivity index (χ2v) is 14.8. The van der Waals surface area contributed by atoms with Crippen molar-refractivity contribution in [2.45, 2.75) is 181 Å². The van der Waals surface area contributed by atoms with Crippen molar-refractivity contribution in [3.05, 3.63) is 23.8 Å². The number of benzene rings is 1. The summed E-state index contributed by atoms with van der Waals surface area (Å²) in [6.45, 7) is 11.6. The molecule has 2 rings (SSSR count). The van der Waals surface area contributed by atoms with E-state index in [9.17, 15) is 4.79 Å². The molecular weight excluding hydrogens is 608 g/mol. The molecule has 1 heterocycles. The first-order valence-corrected chi connectivity index (χ1v) is 21.1. The molecule has 0 unspecified atom stereocenters. The predicted octanol–water partition coefficient (Wildman–Crippen LogP) is 11.5. The summed E-state index contributed by atoms with van der Waals surface area (Å²) in [6.07, 6.45) is 31.9. The van der Waals surface area contributed by atoms with E-state index in [1.165, 1.54) is 135 Å². The Bertz CT molecular complexity index is 902. The highest BCUT2D eigenvalue weighted by Gasteiger charge is 2.14. The zero-order valence-corrected chi connectivity index (χ0v) is 32.6. The number of hydrogen-bond donors (Lipinski definition) is 0. The molecule has 0 radical (unpaired) electrons. The summed E-state index contributed by atoms with van der Waals surface area (Å²) in [5.41, 5.74) is 0.938. The standard InChI is InChI=1S/C43H78N2O4/c1-4-6-8-10-12-14-15-16-17-18-20-22-24-26-35-48-42-37-40(39-49-43(46)28-27-29-45-32-30-44(3)31-33-45)36-41(38-42)47-34-25-23-21-19-13-11-9-7-5-2/h36-38H,4-35,39H2,1-3H3. The Kier molecular flexibility index (Phi) is 27.4. The molecule has 0 aromatic heterocycles. The SMILES string of the molecule is CCCCCCCCCCCCCCCCOc1cc(COC(=O)CCCN2CCN(C)CC2)cc(OCCCCCCCCCCC)c1. The van der Waals surface area contributed by atoms with E-state index in [1.54, 1.807) is 0 Å². The molecule has 0 aliphatic carbocycles. The summed E-state index contributed by atoms with van der Waals surface area (Å²) >= 11 is 0. The number of carbonyl (C=O) groups is 1. The molecule has 0 spiro atoms. The van der Waals surface area contributed by atoms with Crippen LogP contribution in [0, 0.1) is 0 Å². The third kappa shape index (κ3) is 24.9. The minimum atomic E-state index is -0.125. The lowest BCUT2D eigenvalue weighted by Gasteiger charge is -2.32. The van der Waals surface area contributed by atoms with Crippen molar-refractivity contribution in [1.29, 1.82) is 0 Å². The number of ether oxygens (including phenoxy) is 3. The molecular formula is C43H78N2O4. The van der Waals surface area contributed by atoms with Crippen LogP contribution in [-0.4, -0.2) is 68.8 Å². The molecule has 284 valence electrons. The van der Waals surface area contributed by atoms with Gasteiger partial charge in [-0.3, -0.25) is 4.79 Å². The van der Waals surface area contributed by atoms with Crippen molar-refractivity contribution in [2.24, 2.45) is 0 Å². The van der Waals surface area contributed by atoms with Crippen LogP contribution in [-0.2, 0) is 16.1 Å². The molecule has 0 bridgehead atoms. The Morgan fingerprint density at radius 1 is 0.551 bits per heavy atom. The zero-order chi connectivity index (χ0) is 35.0. The molecule has 1 aromatic carbocycles. The number of esters is 1. The lowest BCUT2D eigenvalue weighted by atomic mass is 10.0. The monoisotopic (exact) mass is 687 g/mol. The highest BCUT2D eigenvalue weighted by molar-refractivity contribution is 5.69. The number of nitrogens with zero attached hydrogens (tertiary/aromatic N) is 2. The van der Waals surface area contributed by atoms with E-state index in [0.29, 0.717) is 19.6 Å². The van der Waals surface area contributed by atoms with E-state index in [4.69, 9.17) is 14.2 Å². The van der Waals surface area contributed by atoms with Crippen LogP contribution >= 0.6 is 0 Å². The number of unbranched alkanes of at least 4 members (excludes halogenated alkanes) is 21. The van der Waals surface area contributed by atoms with Gasteiger partial charge in [0.15, 0.2) is 0 Å². The zero-order valence-electron chi connectivity index (χ0n) is 32.6. The number of likely N-dealkylation sites (N-methyl/N-ethyl adjacent to an activating group) is 1. The van der Waals surface area contributed by atoms with Gasteiger partial charge in [-0.05, 0) is 50.6 Å². The molecule has 6 heteroatoms. The lowest BCUT2D eigenvalue weighted by molar-refractivity contribution is -0.145. The van der Waals surface area contributed by atoms with Crippen molar-refractivity contribution in [2.75, 3.05) is 53.0 Å².